The van der Waals surface area contributed by atoms with Crippen molar-refractivity contribution >= 4 is 23.2 Å². The highest BCUT2D eigenvalue weighted by Gasteiger charge is 2.41. The van der Waals surface area contributed by atoms with E-state index in [1.807, 2.05) is 0 Å². The van der Waals surface area contributed by atoms with E-state index >= 15 is 0 Å². The van der Waals surface area contributed by atoms with Crippen molar-refractivity contribution in [3.63, 3.8) is 0 Å². The van der Waals surface area contributed by atoms with E-state index in [1.165, 1.54) is 32.5 Å². The molecule has 5 heterocycles. The van der Waals surface area contributed by atoms with Gasteiger partial charge in [-0.3, -0.25) is 24.5 Å². The van der Waals surface area contributed by atoms with E-state index < -0.39 is 12.1 Å². The van der Waals surface area contributed by atoms with Crippen molar-refractivity contribution in [1.82, 2.24) is 36.0 Å². The molecule has 7 atom stereocenters. The summed E-state index contributed by atoms with van der Waals surface area (Å²) in [7, 11) is 0. The fourth-order valence-electron chi connectivity index (χ4n) is 7.75. The third-order valence-corrected chi connectivity index (χ3v) is 10.5. The van der Waals surface area contributed by atoms with Crippen molar-refractivity contribution in [2.45, 2.75) is 101 Å². The Labute approximate surface area is 246 Å². The SMILES string of the molecule is CCCC(Cl)CNC1CC(CC)=NC(N)C1C(=O)NC1CNCCC1N1CCC(N2CCN3CNCC3C2)CC1. The minimum atomic E-state index is -0.526. The zero-order chi connectivity index (χ0) is 28.1. The van der Waals surface area contributed by atoms with Gasteiger partial charge in [0, 0.05) is 101 Å². The highest BCUT2D eigenvalue weighted by atomic mass is 35.5. The Morgan fingerprint density at radius 1 is 1.05 bits per heavy atom. The van der Waals surface area contributed by atoms with E-state index in [1.54, 1.807) is 0 Å². The third-order valence-electron chi connectivity index (χ3n) is 10.1. The molecule has 0 aromatic carbocycles. The summed E-state index contributed by atoms with van der Waals surface area (Å²) >= 11 is 6.53. The van der Waals surface area contributed by atoms with Crippen LogP contribution < -0.4 is 27.0 Å². The summed E-state index contributed by atoms with van der Waals surface area (Å²) in [5.41, 5.74) is 7.63. The van der Waals surface area contributed by atoms with Crippen LogP contribution in [0.25, 0.3) is 0 Å². The minimum Gasteiger partial charge on any atom is -0.350 e. The summed E-state index contributed by atoms with van der Waals surface area (Å²) in [6.45, 7) is 14.7. The Hall–Kier alpha value is -0.850. The molecule has 40 heavy (non-hydrogen) atoms. The van der Waals surface area contributed by atoms with Crippen molar-refractivity contribution in [3.05, 3.63) is 0 Å². The number of nitrogens with two attached hydrogens (primary N) is 1. The average Bonchev–Trinajstić information content (AvgIpc) is 3.44. The van der Waals surface area contributed by atoms with Crippen LogP contribution in [-0.4, -0.2) is 134 Å². The van der Waals surface area contributed by atoms with Crippen LogP contribution in [0.4, 0.5) is 0 Å². The van der Waals surface area contributed by atoms with Crippen LogP contribution in [0.2, 0.25) is 0 Å². The molecule has 0 saturated carbocycles. The molecule has 0 aromatic rings. The van der Waals surface area contributed by atoms with Crippen LogP contribution in [0.15, 0.2) is 4.99 Å². The first-order valence-electron chi connectivity index (χ1n) is 16.1. The molecule has 0 radical (unpaired) electrons. The summed E-state index contributed by atoms with van der Waals surface area (Å²) < 4.78 is 0. The van der Waals surface area contributed by atoms with Crippen LogP contribution in [0.1, 0.15) is 58.8 Å². The Morgan fingerprint density at radius 3 is 2.62 bits per heavy atom. The van der Waals surface area contributed by atoms with Gasteiger partial charge in [-0.05, 0) is 38.6 Å². The van der Waals surface area contributed by atoms with E-state index in [9.17, 15) is 4.79 Å². The second kappa shape index (κ2) is 14.6. The molecule has 0 bridgehead atoms. The number of hydrogen-bond donors (Lipinski definition) is 5. The smallest absolute Gasteiger partial charge is 0.228 e. The Balaban J connectivity index is 1.17. The molecule has 11 heteroatoms. The van der Waals surface area contributed by atoms with Gasteiger partial charge in [-0.2, -0.15) is 0 Å². The first-order chi connectivity index (χ1) is 19.5. The van der Waals surface area contributed by atoms with E-state index in [0.29, 0.717) is 24.7 Å². The topological polar surface area (TPSA) is 113 Å². The Kier molecular flexibility index (Phi) is 11.1. The molecule has 5 aliphatic heterocycles. The van der Waals surface area contributed by atoms with Gasteiger partial charge in [0.25, 0.3) is 0 Å². The van der Waals surface area contributed by atoms with E-state index in [0.717, 1.165) is 77.2 Å². The van der Waals surface area contributed by atoms with Crippen molar-refractivity contribution in [3.8, 4) is 0 Å². The number of carbonyl (C=O) groups is 1. The molecule has 5 aliphatic rings. The van der Waals surface area contributed by atoms with Gasteiger partial charge in [0.2, 0.25) is 5.91 Å². The number of nitrogens with zero attached hydrogens (tertiary/aromatic N) is 4. The number of amides is 1. The van der Waals surface area contributed by atoms with Crippen LogP contribution in [0.5, 0.6) is 0 Å². The molecule has 10 nitrogen and oxygen atoms in total. The predicted octanol–water partition coefficient (Wildman–Crippen LogP) is 0.366. The first-order valence-corrected chi connectivity index (χ1v) is 16.5. The van der Waals surface area contributed by atoms with E-state index in [4.69, 9.17) is 22.3 Å². The molecule has 7 unspecified atom stereocenters. The lowest BCUT2D eigenvalue weighted by Gasteiger charge is -2.47. The highest BCUT2D eigenvalue weighted by molar-refractivity contribution is 6.20. The molecule has 4 fully saturated rings. The molecule has 6 N–H and O–H groups in total. The number of piperidine rings is 2. The van der Waals surface area contributed by atoms with Crippen molar-refractivity contribution in [1.29, 1.82) is 0 Å². The number of piperazine rings is 1. The lowest BCUT2D eigenvalue weighted by atomic mass is 9.86. The van der Waals surface area contributed by atoms with E-state index in [-0.39, 0.29) is 23.4 Å². The summed E-state index contributed by atoms with van der Waals surface area (Å²) in [4.78, 5) is 26.6. The largest absolute Gasteiger partial charge is 0.350 e. The minimum absolute atomic E-state index is 0.0298. The van der Waals surface area contributed by atoms with Crippen molar-refractivity contribution in [2.24, 2.45) is 16.6 Å². The highest BCUT2D eigenvalue weighted by Crippen LogP contribution is 2.26. The fourth-order valence-corrected chi connectivity index (χ4v) is 8.05. The number of alkyl halides is 1. The van der Waals surface area contributed by atoms with Crippen molar-refractivity contribution < 1.29 is 4.79 Å². The second-order valence-electron chi connectivity index (χ2n) is 12.7. The number of hydrogen-bond acceptors (Lipinski definition) is 9. The molecule has 0 aliphatic carbocycles. The van der Waals surface area contributed by atoms with Crippen LogP contribution >= 0.6 is 11.6 Å². The van der Waals surface area contributed by atoms with Crippen LogP contribution in [0.3, 0.4) is 0 Å². The van der Waals surface area contributed by atoms with Gasteiger partial charge < -0.3 is 27.0 Å². The molecule has 0 spiro atoms. The van der Waals surface area contributed by atoms with Gasteiger partial charge in [0.15, 0.2) is 0 Å². The van der Waals surface area contributed by atoms with Gasteiger partial charge in [-0.15, -0.1) is 11.6 Å². The summed E-state index contributed by atoms with van der Waals surface area (Å²) in [5.74, 6) is -0.361. The number of rotatable bonds is 10. The maximum atomic E-state index is 13.8. The number of aliphatic imine (C=N–C) groups is 1. The second-order valence-corrected chi connectivity index (χ2v) is 13.3. The first kappa shape index (κ1) is 30.6. The van der Waals surface area contributed by atoms with Gasteiger partial charge in [-0.1, -0.05) is 20.3 Å². The number of carbonyl (C=O) groups excluding carboxylic acids is 1. The Bertz CT molecular complexity index is 853. The van der Waals surface area contributed by atoms with Gasteiger partial charge >= 0.3 is 0 Å². The van der Waals surface area contributed by atoms with Gasteiger partial charge in [-0.25, -0.2) is 0 Å². The van der Waals surface area contributed by atoms with E-state index in [2.05, 4.69) is 49.8 Å². The number of nitrogens with one attached hydrogen (secondary N) is 4. The quantitative estimate of drug-likeness (QED) is 0.236. The monoisotopic (exact) mass is 579 g/mol. The number of likely N-dealkylation sites (tertiary alicyclic amines) is 1. The van der Waals surface area contributed by atoms with Gasteiger partial charge in [0.05, 0.1) is 12.0 Å². The van der Waals surface area contributed by atoms with Crippen LogP contribution in [0, 0.1) is 5.92 Å². The summed E-state index contributed by atoms with van der Waals surface area (Å²) in [6, 6.07) is 1.77. The third kappa shape index (κ3) is 7.37. The maximum Gasteiger partial charge on any atom is 0.228 e. The predicted molar refractivity (Wildman–Crippen MR) is 163 cm³/mol. The lowest BCUT2D eigenvalue weighted by Crippen LogP contribution is -2.64. The number of halogens is 1. The van der Waals surface area contributed by atoms with Crippen molar-refractivity contribution in [2.75, 3.05) is 65.6 Å². The number of fused-ring (bicyclic) bond motifs is 1. The summed E-state index contributed by atoms with van der Waals surface area (Å²) in [5, 5.41) is 14.2. The summed E-state index contributed by atoms with van der Waals surface area (Å²) in [6.07, 6.45) is 6.59. The molecule has 1 amide bonds. The molecule has 0 aromatic heterocycles. The maximum absolute atomic E-state index is 13.8. The van der Waals surface area contributed by atoms with Crippen LogP contribution in [-0.2, 0) is 4.79 Å². The molecule has 228 valence electrons. The Morgan fingerprint density at radius 2 is 1.85 bits per heavy atom. The molecule has 4 saturated heterocycles. The normalized spacial score (nSPS) is 35.8. The zero-order valence-corrected chi connectivity index (χ0v) is 25.5. The molecule has 5 rings (SSSR count). The molecular formula is C29H54ClN9O. The fraction of sp³-hybridized carbons (Fsp3) is 0.931. The lowest BCUT2D eigenvalue weighted by molar-refractivity contribution is -0.128. The molecular weight excluding hydrogens is 526 g/mol. The average molecular weight is 580 g/mol. The van der Waals surface area contributed by atoms with Gasteiger partial charge in [0.1, 0.15) is 6.17 Å². The zero-order valence-electron chi connectivity index (χ0n) is 24.8. The standard InChI is InChI=1S/C29H54ClN9O/c1-3-5-20(30)15-34-24-14-21(4-2)35-28(31)27(24)29(40)36-25-17-32-9-6-26(25)37-10-7-22(8-11-37)38-12-13-39-19-33-16-23(39)18-38/h20,22-28,32-34H,3-19,31H2,1-2H3,(H,36,40).